The number of alkyl halides is 1. The lowest BCUT2D eigenvalue weighted by molar-refractivity contribution is 0.0503. The fourth-order valence-corrected chi connectivity index (χ4v) is 0.825. The van der Waals surface area contributed by atoms with Gasteiger partial charge < -0.3 is 10.1 Å². The van der Waals surface area contributed by atoms with E-state index in [4.69, 9.17) is 4.74 Å². The van der Waals surface area contributed by atoms with Crippen molar-refractivity contribution in [2.45, 2.75) is 50.2 Å². The van der Waals surface area contributed by atoms with E-state index in [1.54, 1.807) is 0 Å². The van der Waals surface area contributed by atoms with Gasteiger partial charge in [0.1, 0.15) is 5.60 Å². The van der Waals surface area contributed by atoms with E-state index in [0.29, 0.717) is 0 Å². The zero-order valence-electron chi connectivity index (χ0n) is 8.90. The topological polar surface area (TPSA) is 38.3 Å². The van der Waals surface area contributed by atoms with Crippen LogP contribution in [0.3, 0.4) is 0 Å². The molecular formula is C9H18INO2. The molecular weight excluding hydrogens is 281 g/mol. The minimum Gasteiger partial charge on any atom is -0.444 e. The molecule has 78 valence electrons. The molecule has 0 bridgehead atoms. The normalized spacial score (nSPS) is 16.2. The monoisotopic (exact) mass is 299 g/mol. The summed E-state index contributed by atoms with van der Waals surface area (Å²) in [4.78, 5) is 11.3. The van der Waals surface area contributed by atoms with E-state index >= 15 is 0 Å². The first-order chi connectivity index (χ1) is 5.66. The molecule has 3 nitrogen and oxygen atoms in total. The van der Waals surface area contributed by atoms with Crippen molar-refractivity contribution in [1.29, 1.82) is 0 Å². The van der Waals surface area contributed by atoms with Crippen molar-refractivity contribution in [2.75, 3.05) is 0 Å². The Morgan fingerprint density at radius 3 is 2.15 bits per heavy atom. The van der Waals surface area contributed by atoms with Crippen LogP contribution in [0.25, 0.3) is 0 Å². The van der Waals surface area contributed by atoms with Crippen LogP contribution < -0.4 is 5.32 Å². The van der Waals surface area contributed by atoms with Crippen molar-refractivity contribution in [2.24, 2.45) is 0 Å². The highest BCUT2D eigenvalue weighted by molar-refractivity contribution is 14.1. The highest BCUT2D eigenvalue weighted by Gasteiger charge is 2.23. The van der Waals surface area contributed by atoms with Gasteiger partial charge in [-0.1, -0.05) is 29.5 Å². The number of ether oxygens (including phenoxy) is 1. The standard InChI is InChI=1S/C9H18INO2/c1-6-9(5,10)11-7(12)13-8(2,3)4/h6H2,1-5H3,(H,11,12). The quantitative estimate of drug-likeness (QED) is 0.483. The van der Waals surface area contributed by atoms with E-state index in [-0.39, 0.29) is 9.64 Å². The maximum absolute atomic E-state index is 11.3. The Morgan fingerprint density at radius 1 is 1.38 bits per heavy atom. The highest BCUT2D eigenvalue weighted by Crippen LogP contribution is 2.19. The predicted octanol–water partition coefficient (Wildman–Crippen LogP) is 3.07. The van der Waals surface area contributed by atoms with Crippen LogP contribution in [0.15, 0.2) is 0 Å². The molecule has 4 heteroatoms. The molecule has 13 heavy (non-hydrogen) atoms. The maximum atomic E-state index is 11.3. The summed E-state index contributed by atoms with van der Waals surface area (Å²) in [6, 6.07) is 0. The Kier molecular flexibility index (Phi) is 4.48. The van der Waals surface area contributed by atoms with Crippen LogP contribution in [0, 0.1) is 0 Å². The largest absolute Gasteiger partial charge is 0.444 e. The molecule has 0 heterocycles. The Hall–Kier alpha value is 0. The van der Waals surface area contributed by atoms with Crippen LogP contribution in [0.5, 0.6) is 0 Å². The summed E-state index contributed by atoms with van der Waals surface area (Å²) in [7, 11) is 0. The third kappa shape index (κ3) is 7.10. The van der Waals surface area contributed by atoms with Gasteiger partial charge >= 0.3 is 6.09 Å². The number of carbonyl (C=O) groups excluding carboxylic acids is 1. The van der Waals surface area contributed by atoms with Crippen molar-refractivity contribution in [3.8, 4) is 0 Å². The summed E-state index contributed by atoms with van der Waals surface area (Å²) in [6.45, 7) is 9.52. The Labute approximate surface area is 93.7 Å². The number of halogens is 1. The summed E-state index contributed by atoms with van der Waals surface area (Å²) in [5.74, 6) is 0. The smallest absolute Gasteiger partial charge is 0.408 e. The summed E-state index contributed by atoms with van der Waals surface area (Å²) in [6.07, 6.45) is 0.513. The molecule has 1 amide bonds. The Bertz CT molecular complexity index is 185. The minimum atomic E-state index is -0.426. The first-order valence-electron chi connectivity index (χ1n) is 4.36. The molecule has 0 aliphatic carbocycles. The van der Waals surface area contributed by atoms with Crippen molar-refractivity contribution in [3.05, 3.63) is 0 Å². The second kappa shape index (κ2) is 4.48. The third-order valence-corrected chi connectivity index (χ3v) is 2.46. The van der Waals surface area contributed by atoms with Crippen LogP contribution in [0.2, 0.25) is 0 Å². The Balaban J connectivity index is 4.03. The van der Waals surface area contributed by atoms with E-state index < -0.39 is 5.60 Å². The fourth-order valence-electron chi connectivity index (χ4n) is 0.605. The van der Waals surface area contributed by atoms with Crippen LogP contribution in [-0.4, -0.2) is 15.2 Å². The molecule has 0 spiro atoms. The first kappa shape index (κ1) is 13.0. The first-order valence-corrected chi connectivity index (χ1v) is 5.44. The van der Waals surface area contributed by atoms with Gasteiger partial charge in [-0.05, 0) is 34.1 Å². The van der Waals surface area contributed by atoms with Gasteiger partial charge in [0.25, 0.3) is 0 Å². The van der Waals surface area contributed by atoms with E-state index in [1.165, 1.54) is 0 Å². The molecule has 1 atom stereocenters. The molecule has 1 N–H and O–H groups in total. The fraction of sp³-hybridized carbons (Fsp3) is 0.889. The number of hydrogen-bond donors (Lipinski definition) is 1. The number of alkyl carbamates (subject to hydrolysis) is 1. The lowest BCUT2D eigenvalue weighted by Crippen LogP contribution is -2.43. The zero-order chi connectivity index (χ0) is 10.7. The number of nitrogens with one attached hydrogen (secondary N) is 1. The second-order valence-corrected chi connectivity index (χ2v) is 6.56. The molecule has 0 aromatic carbocycles. The van der Waals surface area contributed by atoms with E-state index in [0.717, 1.165) is 6.42 Å². The zero-order valence-corrected chi connectivity index (χ0v) is 11.1. The summed E-state index contributed by atoms with van der Waals surface area (Å²) >= 11 is 2.19. The van der Waals surface area contributed by atoms with Crippen molar-refractivity contribution >= 4 is 28.7 Å². The number of hydrogen-bond acceptors (Lipinski definition) is 2. The van der Waals surface area contributed by atoms with E-state index in [1.807, 2.05) is 34.6 Å². The molecule has 0 aliphatic rings. The number of amides is 1. The van der Waals surface area contributed by atoms with Gasteiger partial charge in [-0.3, -0.25) is 0 Å². The minimum absolute atomic E-state index is 0.222. The van der Waals surface area contributed by atoms with Gasteiger partial charge in [-0.25, -0.2) is 4.79 Å². The van der Waals surface area contributed by atoms with Gasteiger partial charge in [0.05, 0.1) is 3.55 Å². The number of rotatable bonds is 2. The van der Waals surface area contributed by atoms with E-state index in [9.17, 15) is 4.79 Å². The lowest BCUT2D eigenvalue weighted by Gasteiger charge is -2.26. The maximum Gasteiger partial charge on any atom is 0.408 e. The third-order valence-electron chi connectivity index (χ3n) is 1.43. The summed E-state index contributed by atoms with van der Waals surface area (Å²) in [5.41, 5.74) is -0.426. The van der Waals surface area contributed by atoms with Gasteiger partial charge in [-0.2, -0.15) is 0 Å². The molecule has 0 aromatic heterocycles. The SMILES string of the molecule is CCC(C)(I)NC(=O)OC(C)(C)C. The van der Waals surface area contributed by atoms with Gasteiger partial charge in [-0.15, -0.1) is 0 Å². The molecule has 0 aliphatic heterocycles. The van der Waals surface area contributed by atoms with Gasteiger partial charge in [0.2, 0.25) is 0 Å². The summed E-state index contributed by atoms with van der Waals surface area (Å²) in [5, 5.41) is 2.79. The Morgan fingerprint density at radius 2 is 1.85 bits per heavy atom. The second-order valence-electron chi connectivity index (χ2n) is 4.18. The van der Waals surface area contributed by atoms with Crippen LogP contribution >= 0.6 is 22.6 Å². The molecule has 0 fully saturated rings. The molecule has 0 saturated heterocycles. The average Bonchev–Trinajstić information content (AvgIpc) is 1.81. The van der Waals surface area contributed by atoms with Crippen molar-refractivity contribution < 1.29 is 9.53 Å². The molecule has 0 aromatic rings. The van der Waals surface area contributed by atoms with Crippen LogP contribution in [-0.2, 0) is 4.74 Å². The molecule has 0 radical (unpaired) electrons. The van der Waals surface area contributed by atoms with Crippen LogP contribution in [0.4, 0.5) is 4.79 Å². The highest BCUT2D eigenvalue weighted by atomic mass is 127. The average molecular weight is 299 g/mol. The number of carbonyl (C=O) groups is 1. The predicted molar refractivity (Wildman–Crippen MR) is 62.1 cm³/mol. The van der Waals surface area contributed by atoms with Crippen molar-refractivity contribution in [3.63, 3.8) is 0 Å². The van der Waals surface area contributed by atoms with Gasteiger partial charge in [0, 0.05) is 0 Å². The molecule has 1 unspecified atom stereocenters. The lowest BCUT2D eigenvalue weighted by atomic mass is 10.2. The molecule has 0 saturated carbocycles. The van der Waals surface area contributed by atoms with E-state index in [2.05, 4.69) is 27.9 Å². The molecule has 0 rings (SSSR count). The van der Waals surface area contributed by atoms with Gasteiger partial charge in [0.15, 0.2) is 0 Å². The van der Waals surface area contributed by atoms with Crippen LogP contribution in [0.1, 0.15) is 41.0 Å². The summed E-state index contributed by atoms with van der Waals surface area (Å²) < 4.78 is 4.90. The van der Waals surface area contributed by atoms with Crippen molar-refractivity contribution in [1.82, 2.24) is 5.32 Å².